The summed E-state index contributed by atoms with van der Waals surface area (Å²) in [6.07, 6.45) is 11.4. The summed E-state index contributed by atoms with van der Waals surface area (Å²) in [4.78, 5) is 24.3. The number of unbranched alkanes of at least 4 members (excludes halogenated alkanes) is 14. The Hall–Kier alpha value is -1.26. The fraction of sp³-hybridized carbons (Fsp3) is 0.938. The quantitative estimate of drug-likeness (QED) is 0.0741. The zero-order chi connectivity index (χ0) is 30.5. The topological polar surface area (TPSA) is 143 Å². The number of aliphatic carboxylic acids is 1. The van der Waals surface area contributed by atoms with Crippen LogP contribution in [0.2, 0.25) is 0 Å². The van der Waals surface area contributed by atoms with Crippen LogP contribution in [-0.4, -0.2) is 75.3 Å². The van der Waals surface area contributed by atoms with Crippen LogP contribution >= 0.6 is 0 Å². The SMILES string of the molecule is CCCCCCCCCCCCCC(CC(=O)OC(CCCCCCC)CC(=O)O)O[C@@H]1O[C@@H](C)[C@H](O)[C@@H](O)[C@H]1O. The van der Waals surface area contributed by atoms with E-state index < -0.39 is 54.9 Å². The number of carbonyl (C=O) groups excluding carboxylic acids is 1. The molecular formula is C32H60O9. The van der Waals surface area contributed by atoms with Gasteiger partial charge in [0.15, 0.2) is 6.29 Å². The maximum atomic E-state index is 12.9. The monoisotopic (exact) mass is 588 g/mol. The maximum Gasteiger partial charge on any atom is 0.308 e. The maximum absolute atomic E-state index is 12.9. The third kappa shape index (κ3) is 17.5. The first kappa shape index (κ1) is 37.8. The molecule has 242 valence electrons. The van der Waals surface area contributed by atoms with Crippen molar-refractivity contribution in [3.63, 3.8) is 0 Å². The molecule has 7 atom stereocenters. The van der Waals surface area contributed by atoms with E-state index >= 15 is 0 Å². The largest absolute Gasteiger partial charge is 0.481 e. The first-order chi connectivity index (χ1) is 19.7. The molecule has 1 aliphatic heterocycles. The summed E-state index contributed by atoms with van der Waals surface area (Å²) in [6.45, 7) is 5.94. The van der Waals surface area contributed by atoms with Crippen LogP contribution in [0.5, 0.6) is 0 Å². The van der Waals surface area contributed by atoms with E-state index in [0.29, 0.717) is 12.8 Å². The van der Waals surface area contributed by atoms with Gasteiger partial charge in [0.25, 0.3) is 0 Å². The molecule has 2 unspecified atom stereocenters. The Labute approximate surface area is 248 Å². The molecule has 0 aliphatic carbocycles. The average molecular weight is 589 g/mol. The second kappa shape index (κ2) is 23.2. The van der Waals surface area contributed by atoms with E-state index in [2.05, 4.69) is 13.8 Å². The number of rotatable bonds is 25. The van der Waals surface area contributed by atoms with Crippen LogP contribution in [0.4, 0.5) is 0 Å². The van der Waals surface area contributed by atoms with Gasteiger partial charge in [-0.2, -0.15) is 0 Å². The molecule has 0 bridgehead atoms. The highest BCUT2D eigenvalue weighted by Crippen LogP contribution is 2.25. The summed E-state index contributed by atoms with van der Waals surface area (Å²) >= 11 is 0. The van der Waals surface area contributed by atoms with Crippen molar-refractivity contribution in [1.29, 1.82) is 0 Å². The van der Waals surface area contributed by atoms with Gasteiger partial charge < -0.3 is 34.6 Å². The molecule has 0 aromatic carbocycles. The fourth-order valence-corrected chi connectivity index (χ4v) is 5.36. The van der Waals surface area contributed by atoms with E-state index in [9.17, 15) is 30.0 Å². The van der Waals surface area contributed by atoms with E-state index in [1.165, 1.54) is 51.4 Å². The summed E-state index contributed by atoms with van der Waals surface area (Å²) in [6, 6.07) is 0. The first-order valence-electron chi connectivity index (χ1n) is 16.5. The number of carbonyl (C=O) groups is 2. The van der Waals surface area contributed by atoms with Crippen LogP contribution in [0.25, 0.3) is 0 Å². The molecule has 1 rings (SSSR count). The molecule has 9 nitrogen and oxygen atoms in total. The van der Waals surface area contributed by atoms with Crippen molar-refractivity contribution >= 4 is 11.9 Å². The van der Waals surface area contributed by atoms with Crippen molar-refractivity contribution in [3.05, 3.63) is 0 Å². The van der Waals surface area contributed by atoms with E-state index in [4.69, 9.17) is 14.2 Å². The number of aliphatic hydroxyl groups excluding tert-OH is 3. The summed E-state index contributed by atoms with van der Waals surface area (Å²) in [5.41, 5.74) is 0. The molecule has 1 fully saturated rings. The molecule has 0 aromatic heterocycles. The first-order valence-corrected chi connectivity index (χ1v) is 16.5. The summed E-state index contributed by atoms with van der Waals surface area (Å²) in [7, 11) is 0. The molecule has 1 saturated heterocycles. The van der Waals surface area contributed by atoms with Crippen molar-refractivity contribution in [2.45, 2.75) is 192 Å². The Morgan fingerprint density at radius 1 is 0.659 bits per heavy atom. The molecule has 0 spiro atoms. The zero-order valence-corrected chi connectivity index (χ0v) is 26.0. The van der Waals surface area contributed by atoms with E-state index in [0.717, 1.165) is 51.4 Å². The lowest BCUT2D eigenvalue weighted by molar-refractivity contribution is -0.304. The standard InChI is InChI=1S/C32H60O9/c1-4-6-8-10-11-12-13-14-15-17-19-21-26(41-32-31(38)30(37)29(36)24(3)39-32)23-28(35)40-25(22-27(33)34)20-18-16-9-7-5-2/h24-26,29-32,36-38H,4-23H2,1-3H3,(H,33,34)/t24-,25?,26?,29-,30+,31+,32-/m0/s1. The minimum Gasteiger partial charge on any atom is -0.481 e. The van der Waals surface area contributed by atoms with Gasteiger partial charge in [-0.15, -0.1) is 0 Å². The summed E-state index contributed by atoms with van der Waals surface area (Å²) in [5.74, 6) is -1.55. The number of esters is 1. The predicted octanol–water partition coefficient (Wildman–Crippen LogP) is 6.04. The third-order valence-electron chi connectivity index (χ3n) is 7.99. The van der Waals surface area contributed by atoms with E-state index in [1.807, 2.05) is 0 Å². The van der Waals surface area contributed by atoms with Gasteiger partial charge in [0.05, 0.1) is 25.0 Å². The second-order valence-corrected chi connectivity index (χ2v) is 11.9. The Kier molecular flexibility index (Phi) is 21.4. The van der Waals surface area contributed by atoms with Crippen molar-refractivity contribution in [3.8, 4) is 0 Å². The van der Waals surface area contributed by atoms with Gasteiger partial charge in [0.1, 0.15) is 24.4 Å². The van der Waals surface area contributed by atoms with Gasteiger partial charge in [-0.3, -0.25) is 9.59 Å². The lowest BCUT2D eigenvalue weighted by atomic mass is 9.99. The van der Waals surface area contributed by atoms with Crippen LogP contribution in [0.1, 0.15) is 149 Å². The van der Waals surface area contributed by atoms with Gasteiger partial charge in [-0.1, -0.05) is 110 Å². The van der Waals surface area contributed by atoms with Gasteiger partial charge in [0.2, 0.25) is 0 Å². The molecule has 1 heterocycles. The Morgan fingerprint density at radius 2 is 1.12 bits per heavy atom. The van der Waals surface area contributed by atoms with Crippen LogP contribution < -0.4 is 0 Å². The number of ether oxygens (including phenoxy) is 3. The van der Waals surface area contributed by atoms with Gasteiger partial charge >= 0.3 is 11.9 Å². The van der Waals surface area contributed by atoms with Gasteiger partial charge in [-0.05, 0) is 26.2 Å². The number of aliphatic hydroxyl groups is 3. The number of carboxylic acids is 1. The molecule has 41 heavy (non-hydrogen) atoms. The Balaban J connectivity index is 2.62. The molecule has 0 aromatic rings. The van der Waals surface area contributed by atoms with Crippen molar-refractivity contribution in [2.24, 2.45) is 0 Å². The van der Waals surface area contributed by atoms with Crippen LogP contribution in [0, 0.1) is 0 Å². The van der Waals surface area contributed by atoms with E-state index in [1.54, 1.807) is 6.92 Å². The van der Waals surface area contributed by atoms with E-state index in [-0.39, 0.29) is 12.8 Å². The number of hydrogen-bond donors (Lipinski definition) is 4. The minimum atomic E-state index is -1.46. The molecule has 0 amide bonds. The third-order valence-corrected chi connectivity index (χ3v) is 7.99. The van der Waals surface area contributed by atoms with Gasteiger partial charge in [0, 0.05) is 0 Å². The number of hydrogen-bond acceptors (Lipinski definition) is 8. The predicted molar refractivity (Wildman–Crippen MR) is 158 cm³/mol. The summed E-state index contributed by atoms with van der Waals surface area (Å²) < 4.78 is 17.2. The number of carboxylic acid groups (broad SMARTS) is 1. The van der Waals surface area contributed by atoms with Crippen LogP contribution in [0.3, 0.4) is 0 Å². The smallest absolute Gasteiger partial charge is 0.308 e. The molecule has 9 heteroatoms. The highest BCUT2D eigenvalue weighted by atomic mass is 16.7. The normalized spacial score (nSPS) is 24.2. The highest BCUT2D eigenvalue weighted by Gasteiger charge is 2.43. The van der Waals surface area contributed by atoms with Gasteiger partial charge in [-0.25, -0.2) is 0 Å². The second-order valence-electron chi connectivity index (χ2n) is 11.9. The molecule has 1 aliphatic rings. The van der Waals surface area contributed by atoms with Crippen molar-refractivity contribution in [1.82, 2.24) is 0 Å². The Bertz CT molecular complexity index is 674. The summed E-state index contributed by atoms with van der Waals surface area (Å²) in [5, 5.41) is 39.9. The lowest BCUT2D eigenvalue weighted by Gasteiger charge is -2.40. The molecule has 4 N–H and O–H groups in total. The lowest BCUT2D eigenvalue weighted by Crippen LogP contribution is -2.58. The highest BCUT2D eigenvalue weighted by molar-refractivity contribution is 5.72. The molecular weight excluding hydrogens is 528 g/mol. The van der Waals surface area contributed by atoms with Crippen molar-refractivity contribution in [2.75, 3.05) is 0 Å². The average Bonchev–Trinajstić information content (AvgIpc) is 2.92. The molecule has 0 saturated carbocycles. The van der Waals surface area contributed by atoms with Crippen LogP contribution in [-0.2, 0) is 23.8 Å². The van der Waals surface area contributed by atoms with Crippen molar-refractivity contribution < 1.29 is 44.2 Å². The molecule has 0 radical (unpaired) electrons. The fourth-order valence-electron chi connectivity index (χ4n) is 5.36. The van der Waals surface area contributed by atoms with Crippen LogP contribution in [0.15, 0.2) is 0 Å². The minimum absolute atomic E-state index is 0.108. The zero-order valence-electron chi connectivity index (χ0n) is 26.0. The Morgan fingerprint density at radius 3 is 1.61 bits per heavy atom.